The first-order chi connectivity index (χ1) is 8.93. The summed E-state index contributed by atoms with van der Waals surface area (Å²) >= 11 is 0. The van der Waals surface area contributed by atoms with Crippen LogP contribution in [0.25, 0.3) is 0 Å². The van der Waals surface area contributed by atoms with Crippen molar-refractivity contribution in [3.8, 4) is 0 Å². The van der Waals surface area contributed by atoms with Crippen LogP contribution < -0.4 is 10.2 Å². The fourth-order valence-corrected chi connectivity index (χ4v) is 1.49. The Kier molecular flexibility index (Phi) is 12.7. The molecule has 21 heavy (non-hydrogen) atoms. The van der Waals surface area contributed by atoms with E-state index in [9.17, 15) is 29.4 Å². The molecule has 0 amide bonds. The monoisotopic (exact) mass is 345 g/mol. The number of allylic oxidation sites excluding steroid dienone is 4. The van der Waals surface area contributed by atoms with Gasteiger partial charge in [0.15, 0.2) is 23.1 Å². The molecule has 121 valence electrons. The molecule has 0 aliphatic carbocycles. The minimum Gasteiger partial charge on any atom is -0.875 e. The number of hydrogen-bond acceptors (Lipinski definition) is 6. The van der Waals surface area contributed by atoms with Crippen LogP contribution in [0.5, 0.6) is 0 Å². The zero-order valence-corrected chi connectivity index (χ0v) is 13.7. The van der Waals surface area contributed by atoms with Crippen molar-refractivity contribution in [1.82, 2.24) is 0 Å². The molecular weight excluding hydrogens is 328 g/mol. The molecule has 0 saturated carbocycles. The molecule has 0 aliphatic rings. The van der Waals surface area contributed by atoms with Crippen LogP contribution >= 0.6 is 0 Å². The van der Waals surface area contributed by atoms with E-state index in [0.717, 1.165) is 0 Å². The van der Waals surface area contributed by atoms with Crippen molar-refractivity contribution in [2.45, 2.75) is 41.5 Å². The average molecular weight is 346 g/mol. The molecule has 0 rings (SSSR count). The summed E-state index contributed by atoms with van der Waals surface area (Å²) in [7, 11) is 0. The first-order valence-corrected chi connectivity index (χ1v) is 5.72. The SMILES string of the molecule is CC(=O)C(C(C)=O)=C(C)[O-].CC(=O)C(C(C)=O)=C(C)[O-].[Cu+2]. The molecule has 0 aromatic heterocycles. The predicted molar refractivity (Wildman–Crippen MR) is 68.1 cm³/mol. The number of carbonyl (C=O) groups is 4. The summed E-state index contributed by atoms with van der Waals surface area (Å²) in [6.45, 7) is 7.24. The number of hydrogen-bond donors (Lipinski definition) is 0. The van der Waals surface area contributed by atoms with Gasteiger partial charge in [0.05, 0.1) is 0 Å². The van der Waals surface area contributed by atoms with Crippen molar-refractivity contribution in [1.29, 1.82) is 0 Å². The van der Waals surface area contributed by atoms with E-state index in [4.69, 9.17) is 0 Å². The zero-order valence-electron chi connectivity index (χ0n) is 12.8. The average Bonchev–Trinajstić information content (AvgIpc) is 2.12. The molecule has 0 unspecified atom stereocenters. The third-order valence-electron chi connectivity index (χ3n) is 2.11. The molecule has 0 spiro atoms. The van der Waals surface area contributed by atoms with E-state index in [1.54, 1.807) is 0 Å². The van der Waals surface area contributed by atoms with Gasteiger partial charge in [-0.2, -0.15) is 0 Å². The van der Waals surface area contributed by atoms with Gasteiger partial charge in [-0.05, 0) is 27.7 Å². The normalized spacial score (nSPS) is 8.29. The van der Waals surface area contributed by atoms with Gasteiger partial charge < -0.3 is 10.2 Å². The van der Waals surface area contributed by atoms with Crippen LogP contribution in [0.4, 0.5) is 0 Å². The summed E-state index contributed by atoms with van der Waals surface area (Å²) in [5, 5.41) is 21.1. The van der Waals surface area contributed by atoms with Gasteiger partial charge in [-0.3, -0.25) is 19.2 Å². The molecular formula is C14H18CuO6. The Hall–Kier alpha value is -1.72. The van der Waals surface area contributed by atoms with Gasteiger partial charge in [0, 0.05) is 11.1 Å². The van der Waals surface area contributed by atoms with Crippen molar-refractivity contribution in [2.75, 3.05) is 0 Å². The fourth-order valence-electron chi connectivity index (χ4n) is 1.49. The van der Waals surface area contributed by atoms with Crippen molar-refractivity contribution in [3.63, 3.8) is 0 Å². The largest absolute Gasteiger partial charge is 2.00 e. The molecule has 0 aromatic carbocycles. The van der Waals surface area contributed by atoms with Crippen molar-refractivity contribution >= 4 is 23.1 Å². The van der Waals surface area contributed by atoms with Gasteiger partial charge in [-0.1, -0.05) is 13.8 Å². The van der Waals surface area contributed by atoms with Crippen LogP contribution in [0.15, 0.2) is 22.7 Å². The van der Waals surface area contributed by atoms with Crippen molar-refractivity contribution in [2.24, 2.45) is 0 Å². The van der Waals surface area contributed by atoms with E-state index in [-0.39, 0.29) is 28.2 Å². The van der Waals surface area contributed by atoms with Crippen molar-refractivity contribution in [3.05, 3.63) is 22.7 Å². The van der Waals surface area contributed by atoms with Crippen LogP contribution in [-0.2, 0) is 36.2 Å². The Morgan fingerprint density at radius 1 is 0.524 bits per heavy atom. The van der Waals surface area contributed by atoms with E-state index in [1.807, 2.05) is 0 Å². The Labute approximate surface area is 134 Å². The zero-order chi connectivity index (χ0) is 16.6. The maximum absolute atomic E-state index is 10.5. The number of Topliss-reactive ketones (excluding diaryl/α,β-unsaturated/α-hetero) is 4. The summed E-state index contributed by atoms with van der Waals surface area (Å²) in [6, 6.07) is 0. The van der Waals surface area contributed by atoms with Gasteiger partial charge in [-0.15, -0.1) is 11.5 Å². The second-order valence-corrected chi connectivity index (χ2v) is 4.09. The first-order valence-electron chi connectivity index (χ1n) is 5.72. The fraction of sp³-hybridized carbons (Fsp3) is 0.429. The van der Waals surface area contributed by atoms with Crippen LogP contribution in [0.2, 0.25) is 0 Å². The molecule has 0 N–H and O–H groups in total. The topological polar surface area (TPSA) is 114 Å². The Morgan fingerprint density at radius 2 is 0.667 bits per heavy atom. The molecule has 0 aromatic rings. The first kappa shape index (κ1) is 24.3. The van der Waals surface area contributed by atoms with Crippen molar-refractivity contribution < 1.29 is 46.5 Å². The number of ketones is 4. The maximum atomic E-state index is 10.5. The molecule has 0 bridgehead atoms. The molecule has 1 radical (unpaired) electrons. The minimum atomic E-state index is -0.458. The second kappa shape index (κ2) is 11.0. The Morgan fingerprint density at radius 3 is 0.667 bits per heavy atom. The summed E-state index contributed by atoms with van der Waals surface area (Å²) in [6.07, 6.45) is 0. The van der Waals surface area contributed by atoms with E-state index < -0.39 is 34.7 Å². The van der Waals surface area contributed by atoms with Gasteiger partial charge in [0.2, 0.25) is 0 Å². The molecule has 0 aliphatic heterocycles. The summed E-state index contributed by atoms with van der Waals surface area (Å²) in [5.41, 5.74) is -0.444. The summed E-state index contributed by atoms with van der Waals surface area (Å²) < 4.78 is 0. The van der Waals surface area contributed by atoms with E-state index in [0.29, 0.717) is 0 Å². The Balaban J connectivity index is -0.000000295. The molecule has 6 nitrogen and oxygen atoms in total. The van der Waals surface area contributed by atoms with Crippen LogP contribution in [0, 0.1) is 0 Å². The van der Waals surface area contributed by atoms with Gasteiger partial charge in [-0.25, -0.2) is 0 Å². The summed E-state index contributed by atoms with van der Waals surface area (Å²) in [4.78, 5) is 42.2. The maximum Gasteiger partial charge on any atom is 2.00 e. The van der Waals surface area contributed by atoms with E-state index in [1.165, 1.54) is 41.5 Å². The molecule has 7 heteroatoms. The van der Waals surface area contributed by atoms with Crippen LogP contribution in [0.3, 0.4) is 0 Å². The molecule has 0 saturated heterocycles. The van der Waals surface area contributed by atoms with Crippen LogP contribution in [-0.4, -0.2) is 23.1 Å². The third-order valence-corrected chi connectivity index (χ3v) is 2.11. The molecule has 0 fully saturated rings. The minimum absolute atomic E-state index is 0. The third kappa shape index (κ3) is 9.76. The van der Waals surface area contributed by atoms with Gasteiger partial charge in [0.1, 0.15) is 0 Å². The van der Waals surface area contributed by atoms with Gasteiger partial charge >= 0.3 is 17.1 Å². The second-order valence-electron chi connectivity index (χ2n) is 4.09. The predicted octanol–water partition coefficient (Wildman–Crippen LogP) is -0.405. The van der Waals surface area contributed by atoms with Crippen LogP contribution in [0.1, 0.15) is 41.5 Å². The van der Waals surface area contributed by atoms with E-state index in [2.05, 4.69) is 0 Å². The molecule has 0 atom stereocenters. The van der Waals surface area contributed by atoms with Gasteiger partial charge in [0.25, 0.3) is 0 Å². The quantitative estimate of drug-likeness (QED) is 0.225. The number of rotatable bonds is 4. The smallest absolute Gasteiger partial charge is 0.875 e. The molecule has 0 heterocycles. The standard InChI is InChI=1S/2C7H10O3.Cu/c2*1-4(8)7(5(2)9)6(3)10;/h2*8H,1-3H3;/q;;+2/p-2. The van der Waals surface area contributed by atoms with E-state index >= 15 is 0 Å². The Bertz CT molecular complexity index is 414. The number of carbonyl (C=O) groups excluding carboxylic acids is 4. The summed E-state index contributed by atoms with van der Waals surface area (Å²) in [5.74, 6) is -2.75.